The third-order valence-corrected chi connectivity index (χ3v) is 6.48. The number of fused-ring (bicyclic) bond motifs is 1. The Morgan fingerprint density at radius 1 is 1.05 bits per heavy atom. The van der Waals surface area contributed by atoms with Gasteiger partial charge in [0.25, 0.3) is 0 Å². The first kappa shape index (κ1) is 26.2. The Morgan fingerprint density at radius 3 is 2.54 bits per heavy atom. The standard InChI is InChI=1S/C29H32N2O6/c1-18-6-5-7-20-21(17-30-27(18)20)28-24(35-3)10-11-26(31-28)29(2,34)13-12-22(33)19-8-9-23(37-15-14-32)25(16-19)36-4/h5-11,16-17,30,32,34H,12-15H2,1-4H3/t29-/m0/s1. The molecule has 0 radical (unpaired) electrons. The largest absolute Gasteiger partial charge is 0.494 e. The number of methoxy groups -OCH3 is 2. The molecule has 3 N–H and O–H groups in total. The van der Waals surface area contributed by atoms with Crippen LogP contribution in [0.15, 0.2) is 54.7 Å². The Kier molecular flexibility index (Phi) is 7.80. The molecule has 0 aliphatic rings. The summed E-state index contributed by atoms with van der Waals surface area (Å²) in [5.74, 6) is 1.30. The van der Waals surface area contributed by atoms with E-state index in [0.29, 0.717) is 34.2 Å². The average molecular weight is 505 g/mol. The first-order valence-electron chi connectivity index (χ1n) is 12.1. The van der Waals surface area contributed by atoms with Gasteiger partial charge in [-0.2, -0.15) is 0 Å². The van der Waals surface area contributed by atoms with Crippen LogP contribution in [0.3, 0.4) is 0 Å². The van der Waals surface area contributed by atoms with Crippen LogP contribution in [0.5, 0.6) is 17.2 Å². The zero-order chi connectivity index (χ0) is 26.6. The summed E-state index contributed by atoms with van der Waals surface area (Å²) in [4.78, 5) is 21.1. The topological polar surface area (TPSA) is 114 Å². The average Bonchev–Trinajstić information content (AvgIpc) is 3.35. The molecule has 8 heteroatoms. The Bertz CT molecular complexity index is 1410. The van der Waals surface area contributed by atoms with E-state index >= 15 is 0 Å². The van der Waals surface area contributed by atoms with Crippen LogP contribution < -0.4 is 14.2 Å². The second-order valence-corrected chi connectivity index (χ2v) is 9.08. The fourth-order valence-corrected chi connectivity index (χ4v) is 4.35. The van der Waals surface area contributed by atoms with E-state index < -0.39 is 5.60 Å². The van der Waals surface area contributed by atoms with E-state index in [4.69, 9.17) is 24.3 Å². The SMILES string of the molecule is COc1cc(C(=O)CC[C@](C)(O)c2ccc(OC)c(-c3c[nH]c4c(C)cccc34)n2)ccc1OCCO. The molecule has 0 aliphatic heterocycles. The van der Waals surface area contributed by atoms with Crippen LogP contribution in [0, 0.1) is 6.92 Å². The van der Waals surface area contributed by atoms with Crippen LogP contribution in [0.2, 0.25) is 0 Å². The van der Waals surface area contributed by atoms with Gasteiger partial charge < -0.3 is 29.4 Å². The molecule has 2 aromatic carbocycles. The van der Waals surface area contributed by atoms with E-state index in [9.17, 15) is 9.90 Å². The van der Waals surface area contributed by atoms with Gasteiger partial charge in [-0.15, -0.1) is 0 Å². The van der Waals surface area contributed by atoms with E-state index in [1.807, 2.05) is 31.3 Å². The Labute approximate surface area is 215 Å². The van der Waals surface area contributed by atoms with Crippen LogP contribution in [-0.4, -0.2) is 53.4 Å². The molecule has 37 heavy (non-hydrogen) atoms. The van der Waals surface area contributed by atoms with Crippen LogP contribution in [0.1, 0.15) is 41.4 Å². The molecule has 4 rings (SSSR count). The molecule has 8 nitrogen and oxygen atoms in total. The summed E-state index contributed by atoms with van der Waals surface area (Å²) < 4.78 is 16.3. The van der Waals surface area contributed by atoms with Crippen molar-refractivity contribution in [3.05, 3.63) is 71.5 Å². The Hall–Kier alpha value is -3.88. The van der Waals surface area contributed by atoms with Crippen molar-refractivity contribution in [3.63, 3.8) is 0 Å². The van der Waals surface area contributed by atoms with E-state index in [0.717, 1.165) is 22.0 Å². The maximum atomic E-state index is 13.0. The molecule has 1 atom stereocenters. The van der Waals surface area contributed by atoms with Gasteiger partial charge in [-0.05, 0) is 56.2 Å². The lowest BCUT2D eigenvalue weighted by molar-refractivity contribution is 0.0397. The van der Waals surface area contributed by atoms with Gasteiger partial charge in [0.1, 0.15) is 23.7 Å². The maximum Gasteiger partial charge on any atom is 0.163 e. The van der Waals surface area contributed by atoms with Crippen molar-refractivity contribution in [1.29, 1.82) is 0 Å². The number of aliphatic hydroxyl groups is 2. The smallest absolute Gasteiger partial charge is 0.163 e. The number of nitrogens with zero attached hydrogens (tertiary/aromatic N) is 1. The zero-order valence-electron chi connectivity index (χ0n) is 21.5. The molecule has 194 valence electrons. The molecule has 2 heterocycles. The van der Waals surface area contributed by atoms with Crippen molar-refractivity contribution < 1.29 is 29.2 Å². The molecule has 4 aromatic rings. The summed E-state index contributed by atoms with van der Waals surface area (Å²) in [5, 5.41) is 21.3. The van der Waals surface area contributed by atoms with Crippen molar-refractivity contribution in [3.8, 4) is 28.5 Å². The molecule has 0 spiro atoms. The fraction of sp³-hybridized carbons (Fsp3) is 0.310. The van der Waals surface area contributed by atoms with E-state index in [2.05, 4.69) is 4.98 Å². The highest BCUT2D eigenvalue weighted by Gasteiger charge is 2.28. The number of aryl methyl sites for hydroxylation is 1. The number of aliphatic hydroxyl groups excluding tert-OH is 1. The minimum atomic E-state index is -1.35. The molecule has 0 aliphatic carbocycles. The van der Waals surface area contributed by atoms with Crippen molar-refractivity contribution in [2.24, 2.45) is 0 Å². The number of hydrogen-bond acceptors (Lipinski definition) is 7. The summed E-state index contributed by atoms with van der Waals surface area (Å²) in [5.41, 5.74) is 3.17. The van der Waals surface area contributed by atoms with Gasteiger partial charge in [-0.3, -0.25) is 4.79 Å². The lowest BCUT2D eigenvalue weighted by atomic mass is 9.92. The summed E-state index contributed by atoms with van der Waals surface area (Å²) in [6, 6.07) is 14.5. The highest BCUT2D eigenvalue weighted by atomic mass is 16.5. The minimum Gasteiger partial charge on any atom is -0.494 e. The number of nitrogens with one attached hydrogen (secondary N) is 1. The van der Waals surface area contributed by atoms with E-state index in [1.165, 1.54) is 7.11 Å². The Morgan fingerprint density at radius 2 is 1.81 bits per heavy atom. The van der Waals surface area contributed by atoms with Crippen LogP contribution >= 0.6 is 0 Å². The fourth-order valence-electron chi connectivity index (χ4n) is 4.35. The maximum absolute atomic E-state index is 13.0. The molecule has 0 unspecified atom stereocenters. The normalized spacial score (nSPS) is 12.8. The van der Waals surface area contributed by atoms with Gasteiger partial charge in [0.15, 0.2) is 17.3 Å². The van der Waals surface area contributed by atoms with Crippen LogP contribution in [0.25, 0.3) is 22.2 Å². The molecule has 0 amide bonds. The van der Waals surface area contributed by atoms with Gasteiger partial charge in [-0.1, -0.05) is 18.2 Å². The first-order valence-corrected chi connectivity index (χ1v) is 12.1. The number of ketones is 1. The molecule has 0 fully saturated rings. The van der Waals surface area contributed by atoms with Gasteiger partial charge in [0.2, 0.25) is 0 Å². The Balaban J connectivity index is 1.57. The van der Waals surface area contributed by atoms with Gasteiger partial charge in [0, 0.05) is 34.6 Å². The number of aromatic nitrogens is 2. The monoisotopic (exact) mass is 504 g/mol. The molecular weight excluding hydrogens is 472 g/mol. The number of Topliss-reactive ketones (excluding diaryl/α,β-unsaturated/α-hetero) is 1. The van der Waals surface area contributed by atoms with Crippen molar-refractivity contribution >= 4 is 16.7 Å². The summed E-state index contributed by atoms with van der Waals surface area (Å²) >= 11 is 0. The number of carbonyl (C=O) groups excluding carboxylic acids is 1. The number of hydrogen-bond donors (Lipinski definition) is 3. The second-order valence-electron chi connectivity index (χ2n) is 9.08. The first-order chi connectivity index (χ1) is 17.8. The number of carbonyl (C=O) groups is 1. The molecule has 0 saturated heterocycles. The third kappa shape index (κ3) is 5.45. The predicted octanol–water partition coefficient (Wildman–Crippen LogP) is 4.80. The predicted molar refractivity (Wildman–Crippen MR) is 142 cm³/mol. The summed E-state index contributed by atoms with van der Waals surface area (Å²) in [6.45, 7) is 3.70. The van der Waals surface area contributed by atoms with Crippen molar-refractivity contribution in [1.82, 2.24) is 9.97 Å². The number of pyridine rings is 1. The third-order valence-electron chi connectivity index (χ3n) is 6.48. The van der Waals surface area contributed by atoms with E-state index in [-0.39, 0.29) is 31.8 Å². The highest BCUT2D eigenvalue weighted by Crippen LogP contribution is 2.37. The summed E-state index contributed by atoms with van der Waals surface area (Å²) in [7, 11) is 3.08. The molecule has 2 aromatic heterocycles. The van der Waals surface area contributed by atoms with Gasteiger partial charge in [-0.25, -0.2) is 4.98 Å². The number of rotatable bonds is 11. The lowest BCUT2D eigenvalue weighted by Gasteiger charge is -2.23. The molecule has 0 saturated carbocycles. The van der Waals surface area contributed by atoms with Crippen LogP contribution in [-0.2, 0) is 5.60 Å². The molecule has 0 bridgehead atoms. The van der Waals surface area contributed by atoms with Crippen molar-refractivity contribution in [2.75, 3.05) is 27.4 Å². The van der Waals surface area contributed by atoms with Crippen molar-refractivity contribution in [2.45, 2.75) is 32.3 Å². The molecular formula is C29H32N2O6. The van der Waals surface area contributed by atoms with Gasteiger partial charge >= 0.3 is 0 Å². The number of ether oxygens (including phenoxy) is 3. The summed E-state index contributed by atoms with van der Waals surface area (Å²) in [6.07, 6.45) is 2.16. The van der Waals surface area contributed by atoms with E-state index in [1.54, 1.807) is 44.4 Å². The number of benzene rings is 2. The number of aromatic amines is 1. The lowest BCUT2D eigenvalue weighted by Crippen LogP contribution is -2.24. The highest BCUT2D eigenvalue weighted by molar-refractivity contribution is 5.98. The number of H-pyrrole nitrogens is 1. The van der Waals surface area contributed by atoms with Gasteiger partial charge in [0.05, 0.1) is 26.5 Å². The second kappa shape index (κ2) is 11.0. The minimum absolute atomic E-state index is 0.0995. The zero-order valence-corrected chi connectivity index (χ0v) is 21.5. The van der Waals surface area contributed by atoms with Crippen LogP contribution in [0.4, 0.5) is 0 Å². The number of para-hydroxylation sites is 1. The quantitative estimate of drug-likeness (QED) is 0.252.